The largest absolute Gasteiger partial charge is 0.229 e. The van der Waals surface area contributed by atoms with Gasteiger partial charge in [-0.1, -0.05) is 22.9 Å². The summed E-state index contributed by atoms with van der Waals surface area (Å²) in [5.74, 6) is 1.89. The van der Waals surface area contributed by atoms with Crippen molar-refractivity contribution in [1.82, 2.24) is 0 Å². The molecule has 0 aliphatic carbocycles. The highest BCUT2D eigenvalue weighted by atomic mass is 79.9. The summed E-state index contributed by atoms with van der Waals surface area (Å²) < 4.78 is 21.5. The third-order valence-electron chi connectivity index (χ3n) is 1.98. The van der Waals surface area contributed by atoms with Crippen LogP contribution in [0.1, 0.15) is 13.3 Å². The second kappa shape index (κ2) is 3.44. The van der Waals surface area contributed by atoms with Crippen LogP contribution in [0, 0.1) is 11.8 Å². The first kappa shape index (κ1) is 9.52. The van der Waals surface area contributed by atoms with E-state index < -0.39 is 9.84 Å². The molecule has 66 valence electrons. The van der Waals surface area contributed by atoms with E-state index in [0.29, 0.717) is 23.3 Å². The summed E-state index contributed by atoms with van der Waals surface area (Å²) in [6.45, 7) is 2.14. The van der Waals surface area contributed by atoms with Crippen LogP contribution < -0.4 is 0 Å². The summed E-state index contributed by atoms with van der Waals surface area (Å²) in [6, 6.07) is 0. The Morgan fingerprint density at radius 1 is 1.55 bits per heavy atom. The van der Waals surface area contributed by atoms with Gasteiger partial charge < -0.3 is 0 Å². The summed E-state index contributed by atoms with van der Waals surface area (Å²) in [5, 5.41) is 0.976. The first-order valence-corrected chi connectivity index (χ1v) is 6.74. The molecule has 0 saturated carbocycles. The van der Waals surface area contributed by atoms with Crippen molar-refractivity contribution in [3.63, 3.8) is 0 Å². The summed E-state index contributed by atoms with van der Waals surface area (Å²) >= 11 is 3.38. The van der Waals surface area contributed by atoms with Gasteiger partial charge in [-0.3, -0.25) is 0 Å². The molecule has 0 spiro atoms. The van der Waals surface area contributed by atoms with Crippen molar-refractivity contribution in [2.24, 2.45) is 11.8 Å². The van der Waals surface area contributed by atoms with Crippen molar-refractivity contribution < 1.29 is 8.42 Å². The fourth-order valence-electron chi connectivity index (χ4n) is 1.44. The zero-order valence-corrected chi connectivity index (χ0v) is 8.99. The smallest absolute Gasteiger partial charge is 0.150 e. The third kappa shape index (κ3) is 2.75. The lowest BCUT2D eigenvalue weighted by Crippen LogP contribution is -2.37. The Bertz CT molecular complexity index is 211. The molecule has 1 heterocycles. The molecule has 0 N–H and O–H groups in total. The number of halogens is 1. The van der Waals surface area contributed by atoms with Gasteiger partial charge in [0.15, 0.2) is 9.84 Å². The molecule has 1 atom stereocenters. The molecule has 0 radical (unpaired) electrons. The van der Waals surface area contributed by atoms with Crippen molar-refractivity contribution in [2.45, 2.75) is 13.3 Å². The molecule has 0 aromatic rings. The average Bonchev–Trinajstić information content (AvgIpc) is 1.83. The van der Waals surface area contributed by atoms with E-state index in [1.54, 1.807) is 0 Å². The summed E-state index contributed by atoms with van der Waals surface area (Å²) in [7, 11) is -2.60. The molecule has 1 aliphatic rings. The minimum absolute atomic E-state index is 0.421. The van der Waals surface area contributed by atoms with E-state index in [1.165, 1.54) is 0 Å². The Balaban J connectivity index is 2.24. The van der Waals surface area contributed by atoms with Crippen LogP contribution in [-0.2, 0) is 9.84 Å². The number of hydrogen-bond acceptors (Lipinski definition) is 2. The minimum atomic E-state index is -2.60. The first-order chi connectivity index (χ1) is 5.03. The third-order valence-corrected chi connectivity index (χ3v) is 5.04. The predicted molar refractivity (Wildman–Crippen MR) is 49.7 cm³/mol. The topological polar surface area (TPSA) is 34.1 Å². The standard InChI is InChI=1S/C7H13BrO2S/c1-6(3-8)2-7-4-11(9,10)5-7/h6-7H,2-5H2,1H3. The average molecular weight is 241 g/mol. The molecular formula is C7H13BrO2S. The van der Waals surface area contributed by atoms with E-state index in [9.17, 15) is 8.42 Å². The highest BCUT2D eigenvalue weighted by molar-refractivity contribution is 9.09. The molecule has 4 heteroatoms. The molecule has 0 aromatic heterocycles. The fourth-order valence-corrected chi connectivity index (χ4v) is 3.31. The van der Waals surface area contributed by atoms with Gasteiger partial charge in [-0.2, -0.15) is 0 Å². The molecule has 1 fully saturated rings. The lowest BCUT2D eigenvalue weighted by molar-refractivity contribution is 0.439. The second-order valence-electron chi connectivity index (χ2n) is 3.44. The Morgan fingerprint density at radius 2 is 2.09 bits per heavy atom. The Morgan fingerprint density at radius 3 is 2.45 bits per heavy atom. The van der Waals surface area contributed by atoms with Gasteiger partial charge in [-0.05, 0) is 18.3 Å². The van der Waals surface area contributed by atoms with E-state index in [-0.39, 0.29) is 0 Å². The fraction of sp³-hybridized carbons (Fsp3) is 1.00. The number of sulfone groups is 1. The van der Waals surface area contributed by atoms with Gasteiger partial charge in [-0.15, -0.1) is 0 Å². The van der Waals surface area contributed by atoms with E-state index in [4.69, 9.17) is 0 Å². The van der Waals surface area contributed by atoms with Gasteiger partial charge in [0.2, 0.25) is 0 Å². The molecular weight excluding hydrogens is 228 g/mol. The van der Waals surface area contributed by atoms with Crippen LogP contribution >= 0.6 is 15.9 Å². The lowest BCUT2D eigenvalue weighted by atomic mass is 10.00. The van der Waals surface area contributed by atoms with Crippen molar-refractivity contribution in [2.75, 3.05) is 16.8 Å². The van der Waals surface area contributed by atoms with Crippen LogP contribution in [0.4, 0.5) is 0 Å². The molecule has 1 aliphatic heterocycles. The Labute approximate surface area is 76.4 Å². The maximum absolute atomic E-state index is 10.8. The van der Waals surface area contributed by atoms with Crippen molar-refractivity contribution in [3.8, 4) is 0 Å². The first-order valence-electron chi connectivity index (χ1n) is 3.80. The number of alkyl halides is 1. The molecule has 2 nitrogen and oxygen atoms in total. The lowest BCUT2D eigenvalue weighted by Gasteiger charge is -2.27. The quantitative estimate of drug-likeness (QED) is 0.701. The number of rotatable bonds is 3. The van der Waals surface area contributed by atoms with E-state index in [0.717, 1.165) is 11.8 Å². The zero-order valence-electron chi connectivity index (χ0n) is 6.59. The maximum Gasteiger partial charge on any atom is 0.150 e. The normalized spacial score (nSPS) is 26.0. The van der Waals surface area contributed by atoms with Crippen LogP contribution in [-0.4, -0.2) is 25.3 Å². The van der Waals surface area contributed by atoms with E-state index in [1.807, 2.05) is 0 Å². The van der Waals surface area contributed by atoms with Gasteiger partial charge in [-0.25, -0.2) is 8.42 Å². The van der Waals surface area contributed by atoms with Gasteiger partial charge >= 0.3 is 0 Å². The Kier molecular flexibility index (Phi) is 2.97. The molecule has 0 amide bonds. The van der Waals surface area contributed by atoms with Gasteiger partial charge in [0.05, 0.1) is 11.5 Å². The van der Waals surface area contributed by atoms with E-state index >= 15 is 0 Å². The SMILES string of the molecule is CC(CBr)CC1CS(=O)(=O)C1. The Hall–Kier alpha value is 0.430. The van der Waals surface area contributed by atoms with Gasteiger partial charge in [0, 0.05) is 5.33 Å². The molecule has 0 bridgehead atoms. The molecule has 0 aromatic carbocycles. The van der Waals surface area contributed by atoms with Crippen LogP contribution in [0.5, 0.6) is 0 Å². The zero-order chi connectivity index (χ0) is 8.48. The predicted octanol–water partition coefficient (Wildman–Crippen LogP) is 1.45. The summed E-state index contributed by atoms with van der Waals surface area (Å²) in [4.78, 5) is 0. The van der Waals surface area contributed by atoms with Gasteiger partial charge in [0.25, 0.3) is 0 Å². The van der Waals surface area contributed by atoms with Crippen molar-refractivity contribution >= 4 is 25.8 Å². The molecule has 1 rings (SSSR count). The van der Waals surface area contributed by atoms with Crippen LogP contribution in [0.2, 0.25) is 0 Å². The van der Waals surface area contributed by atoms with Crippen LogP contribution in [0.25, 0.3) is 0 Å². The van der Waals surface area contributed by atoms with Crippen LogP contribution in [0.3, 0.4) is 0 Å². The summed E-state index contributed by atoms with van der Waals surface area (Å²) in [6.07, 6.45) is 1.05. The highest BCUT2D eigenvalue weighted by Gasteiger charge is 2.33. The molecule has 1 unspecified atom stereocenters. The van der Waals surface area contributed by atoms with Crippen molar-refractivity contribution in [3.05, 3.63) is 0 Å². The van der Waals surface area contributed by atoms with E-state index in [2.05, 4.69) is 22.9 Å². The second-order valence-corrected chi connectivity index (χ2v) is 6.24. The summed E-state index contributed by atoms with van der Waals surface area (Å²) in [5.41, 5.74) is 0. The monoisotopic (exact) mass is 240 g/mol. The van der Waals surface area contributed by atoms with Crippen LogP contribution in [0.15, 0.2) is 0 Å². The molecule has 11 heavy (non-hydrogen) atoms. The minimum Gasteiger partial charge on any atom is -0.229 e. The number of hydrogen-bond donors (Lipinski definition) is 0. The highest BCUT2D eigenvalue weighted by Crippen LogP contribution is 2.25. The van der Waals surface area contributed by atoms with Gasteiger partial charge in [0.1, 0.15) is 0 Å². The van der Waals surface area contributed by atoms with Crippen molar-refractivity contribution in [1.29, 1.82) is 0 Å². The maximum atomic E-state index is 10.8. The molecule has 1 saturated heterocycles.